The van der Waals surface area contributed by atoms with Gasteiger partial charge in [0, 0.05) is 0 Å². The van der Waals surface area contributed by atoms with Crippen LogP contribution in [0.15, 0.2) is 91.0 Å². The van der Waals surface area contributed by atoms with Crippen LogP contribution in [0.3, 0.4) is 0 Å². The van der Waals surface area contributed by atoms with Gasteiger partial charge in [-0.1, -0.05) is 0 Å². The number of hydrogen-bond acceptors (Lipinski definition) is 3. The first-order chi connectivity index (χ1) is 17.2. The molecular formula is C27H29F3NO4P. The first kappa shape index (κ1) is 27.2. The summed E-state index contributed by atoms with van der Waals surface area (Å²) in [5.41, 5.74) is 0. The van der Waals surface area contributed by atoms with Crippen molar-refractivity contribution in [3.63, 3.8) is 0 Å². The molecule has 0 heterocycles. The number of unbranched alkanes of at least 4 members (excludes halogenated alkanes) is 3. The second-order valence-electron chi connectivity index (χ2n) is 8.47. The van der Waals surface area contributed by atoms with Crippen molar-refractivity contribution in [3.8, 4) is 0 Å². The van der Waals surface area contributed by atoms with Gasteiger partial charge < -0.3 is 0 Å². The van der Waals surface area contributed by atoms with Gasteiger partial charge in [0.25, 0.3) is 0 Å². The molecule has 0 saturated carbocycles. The minimum atomic E-state index is -5.18. The van der Waals surface area contributed by atoms with Crippen LogP contribution in [0, 0.1) is 0 Å². The van der Waals surface area contributed by atoms with Crippen LogP contribution < -0.4 is 21.2 Å². The Labute approximate surface area is 208 Å². The number of hydrogen-bond donors (Lipinski definition) is 2. The molecular weight excluding hydrogens is 490 g/mol. The fourth-order valence-electron chi connectivity index (χ4n) is 4.59. The normalized spacial score (nSPS) is 12.8. The van der Waals surface area contributed by atoms with E-state index in [1.165, 1.54) is 0 Å². The van der Waals surface area contributed by atoms with Crippen molar-refractivity contribution in [1.29, 1.82) is 0 Å². The number of rotatable bonds is 11. The third-order valence-electron chi connectivity index (χ3n) is 6.21. The third-order valence-corrected chi connectivity index (χ3v) is 12.1. The second-order valence-corrected chi connectivity index (χ2v) is 13.1. The Morgan fingerprint density at radius 3 is 1.53 bits per heavy atom. The van der Waals surface area contributed by atoms with Gasteiger partial charge >= 0.3 is 208 Å². The van der Waals surface area contributed by atoms with Crippen LogP contribution in [-0.4, -0.2) is 36.1 Å². The number of carbonyl (C=O) groups is 2. The molecule has 5 nitrogen and oxygen atoms in total. The van der Waals surface area contributed by atoms with Crippen molar-refractivity contribution in [3.05, 3.63) is 91.0 Å². The Morgan fingerprint density at radius 2 is 1.14 bits per heavy atom. The molecule has 9 heteroatoms. The van der Waals surface area contributed by atoms with Crippen molar-refractivity contribution < 1.29 is 32.4 Å². The average molecular weight is 520 g/mol. The van der Waals surface area contributed by atoms with Gasteiger partial charge in [0.1, 0.15) is 0 Å². The predicted octanol–water partition coefficient (Wildman–Crippen LogP) is 5.36. The van der Waals surface area contributed by atoms with Gasteiger partial charge in [-0.15, -0.1) is 0 Å². The molecule has 0 aliphatic rings. The quantitative estimate of drug-likeness (QED) is 0.264. The van der Waals surface area contributed by atoms with E-state index in [2.05, 4.69) is 5.32 Å². The van der Waals surface area contributed by atoms with Gasteiger partial charge in [0.05, 0.1) is 0 Å². The van der Waals surface area contributed by atoms with Crippen molar-refractivity contribution >= 4 is 34.8 Å². The summed E-state index contributed by atoms with van der Waals surface area (Å²) in [5.74, 6) is -2.22. The molecule has 0 aromatic heterocycles. The number of halogens is 3. The van der Waals surface area contributed by atoms with Gasteiger partial charge in [-0.3, -0.25) is 0 Å². The molecule has 0 saturated heterocycles. The summed E-state index contributed by atoms with van der Waals surface area (Å²) in [7, 11) is 0. The molecule has 0 fully saturated rings. The van der Waals surface area contributed by atoms with Gasteiger partial charge in [-0.25, -0.2) is 0 Å². The van der Waals surface area contributed by atoms with Crippen molar-refractivity contribution in [2.24, 2.45) is 0 Å². The van der Waals surface area contributed by atoms with Crippen molar-refractivity contribution in [1.82, 2.24) is 5.32 Å². The first-order valence-corrected chi connectivity index (χ1v) is 14.0. The standard InChI is InChI=1S/C27H29F3NO4P/c28-27(29,30)25(32)35-36(22-14-6-3-7-15-22,23-16-8-4-9-17-23,24-18-10-5-11-19-24)21-13-2-1-12-20-31-26(33)34/h3-11,14-19,31H,1-2,12-13,20-21H2,(H,33,34). The zero-order valence-electron chi connectivity index (χ0n) is 19.7. The number of amides is 1. The Morgan fingerprint density at radius 1 is 0.722 bits per heavy atom. The zero-order chi connectivity index (χ0) is 26.1. The molecule has 192 valence electrons. The van der Waals surface area contributed by atoms with E-state index in [1.54, 1.807) is 91.0 Å². The number of carbonyl (C=O) groups excluding carboxylic acids is 1. The molecule has 0 aliphatic heterocycles. The molecule has 0 radical (unpaired) electrons. The monoisotopic (exact) mass is 519 g/mol. The number of nitrogens with one attached hydrogen (secondary N) is 1. The Bertz CT molecular complexity index is 1040. The van der Waals surface area contributed by atoms with E-state index < -0.39 is 25.1 Å². The van der Waals surface area contributed by atoms with Gasteiger partial charge in [0.15, 0.2) is 0 Å². The Balaban J connectivity index is 2.18. The molecule has 3 aromatic rings. The number of benzene rings is 3. The molecule has 3 aromatic carbocycles. The average Bonchev–Trinajstić information content (AvgIpc) is 2.88. The van der Waals surface area contributed by atoms with Crippen LogP contribution in [0.2, 0.25) is 0 Å². The summed E-state index contributed by atoms with van der Waals surface area (Å²) in [6.45, 7) is -4.15. The molecule has 1 amide bonds. The van der Waals surface area contributed by atoms with Crippen molar-refractivity contribution in [2.75, 3.05) is 12.7 Å². The molecule has 0 atom stereocenters. The number of carboxylic acid groups (broad SMARTS) is 1. The predicted molar refractivity (Wildman–Crippen MR) is 137 cm³/mol. The summed E-state index contributed by atoms with van der Waals surface area (Å²) in [6.07, 6.45) is -3.76. The van der Waals surface area contributed by atoms with Gasteiger partial charge in [-0.05, 0) is 0 Å². The van der Waals surface area contributed by atoms with E-state index in [0.29, 0.717) is 41.6 Å². The fraction of sp³-hybridized carbons (Fsp3) is 0.259. The van der Waals surface area contributed by atoms with Crippen LogP contribution >= 0.6 is 6.83 Å². The van der Waals surface area contributed by atoms with Gasteiger partial charge in [-0.2, -0.15) is 0 Å². The Hall–Kier alpha value is -3.38. The summed E-state index contributed by atoms with van der Waals surface area (Å²) in [6, 6.07) is 26.1. The minimum absolute atomic E-state index is 0.178. The van der Waals surface area contributed by atoms with E-state index in [-0.39, 0.29) is 12.7 Å². The fourth-order valence-corrected chi connectivity index (χ4v) is 10.4. The van der Waals surface area contributed by atoms with Gasteiger partial charge in [0.2, 0.25) is 0 Å². The zero-order valence-corrected chi connectivity index (χ0v) is 20.6. The molecule has 0 bridgehead atoms. The van der Waals surface area contributed by atoms with Crippen LogP contribution in [0.5, 0.6) is 0 Å². The molecule has 3 rings (SSSR count). The summed E-state index contributed by atoms with van der Waals surface area (Å²) in [5, 5.41) is 12.6. The topological polar surface area (TPSA) is 75.6 Å². The molecule has 0 unspecified atom stereocenters. The maximum atomic E-state index is 13.8. The third kappa shape index (κ3) is 5.71. The molecule has 0 spiro atoms. The second kappa shape index (κ2) is 11.6. The van der Waals surface area contributed by atoms with Crippen LogP contribution in [0.4, 0.5) is 18.0 Å². The molecule has 36 heavy (non-hydrogen) atoms. The van der Waals surface area contributed by atoms with E-state index in [4.69, 9.17) is 9.63 Å². The number of alkyl halides is 3. The SMILES string of the molecule is O=C(O)NCCCCCCP(OC(=O)C(F)(F)F)(c1ccccc1)(c1ccccc1)c1ccccc1. The van der Waals surface area contributed by atoms with E-state index in [0.717, 1.165) is 0 Å². The van der Waals surface area contributed by atoms with E-state index >= 15 is 0 Å². The summed E-state index contributed by atoms with van der Waals surface area (Å²) in [4.78, 5) is 23.3. The summed E-state index contributed by atoms with van der Waals surface area (Å²) >= 11 is 0. The van der Waals surface area contributed by atoms with Crippen molar-refractivity contribution in [2.45, 2.75) is 31.9 Å². The van der Waals surface area contributed by atoms with Crippen LogP contribution in [-0.2, 0) is 9.32 Å². The molecule has 2 N–H and O–H groups in total. The van der Waals surface area contributed by atoms with E-state index in [9.17, 15) is 22.8 Å². The first-order valence-electron chi connectivity index (χ1n) is 11.7. The molecule has 0 aliphatic carbocycles. The maximum absolute atomic E-state index is 13.8. The van der Waals surface area contributed by atoms with Crippen LogP contribution in [0.1, 0.15) is 25.7 Å². The van der Waals surface area contributed by atoms with Crippen LogP contribution in [0.25, 0.3) is 0 Å². The van der Waals surface area contributed by atoms with E-state index in [1.807, 2.05) is 0 Å². The summed E-state index contributed by atoms with van der Waals surface area (Å²) < 4.78 is 47.2. The Kier molecular flexibility index (Phi) is 8.75.